The summed E-state index contributed by atoms with van der Waals surface area (Å²) in [7, 11) is 0. The monoisotopic (exact) mass is 390 g/mol. The minimum atomic E-state index is -0.532. The lowest BCUT2D eigenvalue weighted by Crippen LogP contribution is -2.11. The second-order valence-corrected chi connectivity index (χ2v) is 4.88. The van der Waals surface area contributed by atoms with E-state index >= 15 is 0 Å². The van der Waals surface area contributed by atoms with Crippen molar-refractivity contribution in [2.24, 2.45) is 0 Å². The molecule has 2 aromatic rings. The van der Waals surface area contributed by atoms with Crippen molar-refractivity contribution in [2.75, 3.05) is 13.2 Å². The Morgan fingerprint density at radius 1 is 1.11 bits per heavy atom. The van der Waals surface area contributed by atoms with Crippen LogP contribution >= 0.6 is 0 Å². The van der Waals surface area contributed by atoms with Gasteiger partial charge in [-0.05, 0) is 45.0 Å². The number of aldehydes is 1. The van der Waals surface area contributed by atoms with Gasteiger partial charge >= 0.3 is 0 Å². The predicted octanol–water partition coefficient (Wildman–Crippen LogP) is 4.80. The molecular weight excluding hydrogens is 364 g/mol. The maximum Gasteiger partial charge on any atom is 0.287 e. The molecule has 1 aromatic carbocycles. The molecule has 152 valence electrons. The number of rotatable bonds is 8. The number of hydrogen-bond acceptors (Lipinski definition) is 7. The van der Waals surface area contributed by atoms with E-state index in [1.165, 1.54) is 12.1 Å². The highest BCUT2D eigenvalue weighted by atomic mass is 16.7. The predicted molar refractivity (Wildman–Crippen MR) is 107 cm³/mol. The van der Waals surface area contributed by atoms with Crippen LogP contribution in [0.5, 0.6) is 11.6 Å². The zero-order valence-corrected chi connectivity index (χ0v) is 16.4. The Bertz CT molecular complexity index is 683. The quantitative estimate of drug-likeness (QED) is 0.210. The lowest BCUT2D eigenvalue weighted by molar-refractivity contribution is -0.385. The van der Waals surface area contributed by atoms with Gasteiger partial charge in [-0.15, -0.1) is 13.2 Å². The van der Waals surface area contributed by atoms with Gasteiger partial charge in [0, 0.05) is 30.9 Å². The Hall–Kier alpha value is -3.10. The average molecular weight is 390 g/mol. The van der Waals surface area contributed by atoms with E-state index in [4.69, 9.17) is 14.2 Å². The molecular formula is C20H26N2O6. The van der Waals surface area contributed by atoms with Crippen molar-refractivity contribution in [1.82, 2.24) is 4.98 Å². The van der Waals surface area contributed by atoms with Crippen LogP contribution in [0.3, 0.4) is 0 Å². The maximum absolute atomic E-state index is 10.5. The summed E-state index contributed by atoms with van der Waals surface area (Å²) in [6.45, 7) is 13.3. The van der Waals surface area contributed by atoms with Gasteiger partial charge in [-0.1, -0.05) is 0 Å². The van der Waals surface area contributed by atoms with E-state index in [1.807, 2.05) is 20.8 Å². The van der Waals surface area contributed by atoms with E-state index in [-0.39, 0.29) is 17.9 Å². The number of aromatic nitrogens is 1. The standard InChI is InChI=1S/C12H8N2O4.C6H14O2.C2H4/c15-8-9-1-4-11(5-2-9)18-12-6-3-10(7-13-12)14(16)17;1-4-7-6(3)8-5-2;1-2/h1-8H;6H,4-5H2,1-3H3;1-2H2. The maximum atomic E-state index is 10.5. The van der Waals surface area contributed by atoms with Crippen LogP contribution in [-0.2, 0) is 9.47 Å². The van der Waals surface area contributed by atoms with Gasteiger partial charge in [0.15, 0.2) is 6.29 Å². The Morgan fingerprint density at radius 2 is 1.68 bits per heavy atom. The Morgan fingerprint density at radius 3 is 2.07 bits per heavy atom. The second kappa shape index (κ2) is 15.0. The third kappa shape index (κ3) is 10.1. The zero-order valence-electron chi connectivity index (χ0n) is 16.4. The minimum absolute atomic E-state index is 0.0370. The van der Waals surface area contributed by atoms with Gasteiger partial charge in [0.2, 0.25) is 5.88 Å². The van der Waals surface area contributed by atoms with Crippen molar-refractivity contribution in [3.8, 4) is 11.6 Å². The molecule has 2 rings (SSSR count). The molecule has 8 heteroatoms. The first-order chi connectivity index (χ1) is 13.5. The molecule has 0 aliphatic carbocycles. The van der Waals surface area contributed by atoms with Crippen LogP contribution in [0, 0.1) is 10.1 Å². The first kappa shape index (κ1) is 24.9. The van der Waals surface area contributed by atoms with Crippen LogP contribution in [-0.4, -0.2) is 35.7 Å². The number of nitro groups is 1. The Balaban J connectivity index is 0.000000618. The number of nitrogens with zero attached hydrogens (tertiary/aromatic N) is 2. The van der Waals surface area contributed by atoms with Crippen molar-refractivity contribution in [1.29, 1.82) is 0 Å². The van der Waals surface area contributed by atoms with E-state index in [9.17, 15) is 14.9 Å². The third-order valence-corrected chi connectivity index (χ3v) is 2.97. The van der Waals surface area contributed by atoms with Gasteiger partial charge < -0.3 is 14.2 Å². The van der Waals surface area contributed by atoms with Gasteiger partial charge in [0.05, 0.1) is 4.92 Å². The van der Waals surface area contributed by atoms with Crippen molar-refractivity contribution >= 4 is 12.0 Å². The van der Waals surface area contributed by atoms with E-state index < -0.39 is 4.92 Å². The van der Waals surface area contributed by atoms with Crippen molar-refractivity contribution < 1.29 is 23.9 Å². The van der Waals surface area contributed by atoms with Crippen LogP contribution in [0.25, 0.3) is 0 Å². The molecule has 0 spiro atoms. The number of ether oxygens (including phenoxy) is 3. The summed E-state index contributed by atoms with van der Waals surface area (Å²) in [5.41, 5.74) is 0.442. The summed E-state index contributed by atoms with van der Waals surface area (Å²) in [6.07, 6.45) is 1.81. The van der Waals surface area contributed by atoms with Crippen LogP contribution in [0.1, 0.15) is 31.1 Å². The SMILES string of the molecule is C=C.CCOC(C)OCC.O=Cc1ccc(Oc2ccc([N+](=O)[O-])cn2)cc1. The van der Waals surface area contributed by atoms with Crippen LogP contribution in [0.15, 0.2) is 55.8 Å². The molecule has 0 saturated carbocycles. The zero-order chi connectivity index (χ0) is 21.4. The minimum Gasteiger partial charge on any atom is -0.439 e. The smallest absolute Gasteiger partial charge is 0.287 e. The highest BCUT2D eigenvalue weighted by molar-refractivity contribution is 5.74. The summed E-state index contributed by atoms with van der Waals surface area (Å²) >= 11 is 0. The largest absolute Gasteiger partial charge is 0.439 e. The third-order valence-electron chi connectivity index (χ3n) is 2.97. The van der Waals surface area contributed by atoms with Gasteiger partial charge in [0.25, 0.3) is 5.69 Å². The van der Waals surface area contributed by atoms with Crippen molar-refractivity contribution in [2.45, 2.75) is 27.1 Å². The molecule has 0 saturated heterocycles. The first-order valence-electron chi connectivity index (χ1n) is 8.56. The van der Waals surface area contributed by atoms with Gasteiger partial charge in [-0.2, -0.15) is 0 Å². The van der Waals surface area contributed by atoms with Crippen LogP contribution in [0.4, 0.5) is 5.69 Å². The van der Waals surface area contributed by atoms with E-state index in [0.29, 0.717) is 11.3 Å². The topological polar surface area (TPSA) is 101 Å². The number of hydrogen-bond donors (Lipinski definition) is 0. The fourth-order valence-electron chi connectivity index (χ4n) is 1.79. The average Bonchev–Trinajstić information content (AvgIpc) is 2.71. The lowest BCUT2D eigenvalue weighted by atomic mass is 10.2. The van der Waals surface area contributed by atoms with E-state index in [1.54, 1.807) is 24.3 Å². The van der Waals surface area contributed by atoms with E-state index in [2.05, 4.69) is 18.1 Å². The molecule has 0 unspecified atom stereocenters. The summed E-state index contributed by atoms with van der Waals surface area (Å²) in [5.74, 6) is 0.751. The van der Waals surface area contributed by atoms with Gasteiger partial charge in [0.1, 0.15) is 18.2 Å². The number of carbonyl (C=O) groups is 1. The fourth-order valence-corrected chi connectivity index (χ4v) is 1.79. The Kier molecular flexibility index (Phi) is 13.3. The first-order valence-corrected chi connectivity index (χ1v) is 8.56. The van der Waals surface area contributed by atoms with Crippen molar-refractivity contribution in [3.63, 3.8) is 0 Å². The summed E-state index contributed by atoms with van der Waals surface area (Å²) in [6, 6.07) is 9.16. The molecule has 0 fully saturated rings. The molecule has 0 amide bonds. The molecule has 0 atom stereocenters. The number of carbonyl (C=O) groups excluding carboxylic acids is 1. The summed E-state index contributed by atoms with van der Waals surface area (Å²) in [5, 5.41) is 10.4. The number of pyridine rings is 1. The molecule has 0 N–H and O–H groups in total. The highest BCUT2D eigenvalue weighted by Gasteiger charge is 2.06. The number of benzene rings is 1. The molecule has 0 aliphatic heterocycles. The summed E-state index contributed by atoms with van der Waals surface area (Å²) in [4.78, 5) is 24.2. The summed E-state index contributed by atoms with van der Waals surface area (Å²) < 4.78 is 15.5. The van der Waals surface area contributed by atoms with Crippen LogP contribution in [0.2, 0.25) is 0 Å². The molecule has 0 bridgehead atoms. The lowest BCUT2D eigenvalue weighted by Gasteiger charge is -2.09. The van der Waals surface area contributed by atoms with Crippen LogP contribution < -0.4 is 4.74 Å². The molecule has 1 aromatic heterocycles. The molecule has 0 radical (unpaired) electrons. The normalized spacial score (nSPS) is 9.43. The van der Waals surface area contributed by atoms with Crippen molar-refractivity contribution in [3.05, 3.63) is 71.4 Å². The molecule has 8 nitrogen and oxygen atoms in total. The fraction of sp³-hybridized carbons (Fsp3) is 0.300. The second-order valence-electron chi connectivity index (χ2n) is 4.88. The Labute approximate surface area is 164 Å². The van der Waals surface area contributed by atoms with Gasteiger partial charge in [-0.3, -0.25) is 14.9 Å². The highest BCUT2D eigenvalue weighted by Crippen LogP contribution is 2.21. The van der Waals surface area contributed by atoms with E-state index in [0.717, 1.165) is 25.7 Å². The van der Waals surface area contributed by atoms with Gasteiger partial charge in [-0.25, -0.2) is 4.98 Å². The molecule has 0 aliphatic rings. The molecule has 1 heterocycles. The molecule has 28 heavy (non-hydrogen) atoms.